The Morgan fingerprint density at radius 3 is 3.24 bits per heavy atom. The van der Waals surface area contributed by atoms with Crippen molar-refractivity contribution in [1.82, 2.24) is 14.5 Å². The van der Waals surface area contributed by atoms with Gasteiger partial charge >= 0.3 is 0 Å². The lowest BCUT2D eigenvalue weighted by molar-refractivity contribution is -0.0545. The summed E-state index contributed by atoms with van der Waals surface area (Å²) in [5.41, 5.74) is 7.45. The summed E-state index contributed by atoms with van der Waals surface area (Å²) in [4.78, 5) is 6.74. The number of hydrogen-bond acceptors (Lipinski definition) is 4. The second-order valence-electron chi connectivity index (χ2n) is 5.96. The van der Waals surface area contributed by atoms with Gasteiger partial charge in [0, 0.05) is 18.7 Å². The molecule has 0 radical (unpaired) electrons. The summed E-state index contributed by atoms with van der Waals surface area (Å²) in [6.07, 6.45) is 2.61. The minimum absolute atomic E-state index is 0.115. The molecule has 2 N–H and O–H groups in total. The first-order valence-corrected chi connectivity index (χ1v) is 7.47. The van der Waals surface area contributed by atoms with E-state index < -0.39 is 0 Å². The lowest BCUT2D eigenvalue weighted by Gasteiger charge is -2.35. The summed E-state index contributed by atoms with van der Waals surface area (Å²) >= 11 is 0. The number of morpholine rings is 1. The Kier molecular flexibility index (Phi) is 3.08. The van der Waals surface area contributed by atoms with Crippen molar-refractivity contribution in [1.29, 1.82) is 0 Å². The Hall–Kier alpha value is -1.66. The number of nitrogen functional groups attached to an aromatic ring is 1. The number of hydrogen-bond donors (Lipinski definition) is 1. The van der Waals surface area contributed by atoms with Crippen LogP contribution in [0.4, 0.5) is 10.3 Å². The molecular weight excluding hydrogens is 271 g/mol. The quantitative estimate of drug-likeness (QED) is 0.913. The van der Waals surface area contributed by atoms with E-state index in [0.29, 0.717) is 24.1 Å². The molecule has 2 saturated heterocycles. The van der Waals surface area contributed by atoms with Gasteiger partial charge in [-0.25, -0.2) is 9.37 Å². The van der Waals surface area contributed by atoms with E-state index >= 15 is 0 Å². The molecule has 5 nitrogen and oxygen atoms in total. The summed E-state index contributed by atoms with van der Waals surface area (Å²) in [5, 5.41) is 0. The first-order valence-electron chi connectivity index (χ1n) is 7.47. The highest BCUT2D eigenvalue weighted by Crippen LogP contribution is 2.25. The molecule has 2 fully saturated rings. The van der Waals surface area contributed by atoms with Crippen LogP contribution in [-0.2, 0) is 11.3 Å². The van der Waals surface area contributed by atoms with Crippen LogP contribution in [0.2, 0.25) is 0 Å². The number of fused-ring (bicyclic) bond motifs is 2. The Morgan fingerprint density at radius 1 is 1.43 bits per heavy atom. The predicted octanol–water partition coefficient (Wildman–Crippen LogP) is 1.62. The summed E-state index contributed by atoms with van der Waals surface area (Å²) in [7, 11) is 0. The molecule has 2 aliphatic rings. The average molecular weight is 290 g/mol. The van der Waals surface area contributed by atoms with Gasteiger partial charge in [-0.3, -0.25) is 4.90 Å². The third kappa shape index (κ3) is 2.28. The van der Waals surface area contributed by atoms with Crippen molar-refractivity contribution in [3.8, 4) is 0 Å². The van der Waals surface area contributed by atoms with Gasteiger partial charge in [0.05, 0.1) is 30.3 Å². The van der Waals surface area contributed by atoms with Crippen LogP contribution < -0.4 is 5.73 Å². The average Bonchev–Trinajstić information content (AvgIpc) is 3.03. The third-order valence-electron chi connectivity index (χ3n) is 4.59. The van der Waals surface area contributed by atoms with E-state index in [4.69, 9.17) is 10.5 Å². The molecule has 6 heteroatoms. The second kappa shape index (κ2) is 4.96. The Bertz CT molecular complexity index is 671. The molecule has 1 aromatic heterocycles. The molecule has 1 aromatic carbocycles. The lowest BCUT2D eigenvalue weighted by Crippen LogP contribution is -2.47. The smallest absolute Gasteiger partial charge is 0.201 e. The minimum atomic E-state index is -0.291. The topological polar surface area (TPSA) is 56.3 Å². The Morgan fingerprint density at radius 2 is 2.33 bits per heavy atom. The van der Waals surface area contributed by atoms with Crippen LogP contribution in [0.5, 0.6) is 0 Å². The van der Waals surface area contributed by atoms with Crippen molar-refractivity contribution < 1.29 is 9.13 Å². The van der Waals surface area contributed by atoms with Crippen molar-refractivity contribution >= 4 is 17.0 Å². The van der Waals surface area contributed by atoms with Crippen LogP contribution >= 0.6 is 0 Å². The van der Waals surface area contributed by atoms with Crippen LogP contribution in [0.25, 0.3) is 11.0 Å². The maximum absolute atomic E-state index is 13.3. The van der Waals surface area contributed by atoms with Gasteiger partial charge in [0.15, 0.2) is 0 Å². The molecule has 21 heavy (non-hydrogen) atoms. The molecule has 0 amide bonds. The van der Waals surface area contributed by atoms with E-state index in [9.17, 15) is 4.39 Å². The molecule has 2 unspecified atom stereocenters. The molecule has 2 aliphatic heterocycles. The summed E-state index contributed by atoms with van der Waals surface area (Å²) in [5.74, 6) is 0.128. The molecule has 2 aromatic rings. The maximum atomic E-state index is 13.3. The van der Waals surface area contributed by atoms with E-state index in [2.05, 4.69) is 9.88 Å². The summed E-state index contributed by atoms with van der Waals surface area (Å²) < 4.78 is 21.2. The standard InChI is InChI=1S/C15H19FN4O/c16-10-3-4-14-13(6-10)18-15(17)20(14)8-12-7-19-5-1-2-11(19)9-21-12/h3-4,6,11-12H,1-2,5,7-9H2,(H2,17,18). The number of anilines is 1. The molecule has 0 bridgehead atoms. The van der Waals surface area contributed by atoms with Crippen molar-refractivity contribution in [2.24, 2.45) is 0 Å². The van der Waals surface area contributed by atoms with Crippen LogP contribution in [0.15, 0.2) is 18.2 Å². The fourth-order valence-corrected chi connectivity index (χ4v) is 3.51. The number of ether oxygens (including phenoxy) is 1. The summed E-state index contributed by atoms with van der Waals surface area (Å²) in [6, 6.07) is 5.18. The first kappa shape index (κ1) is 13.0. The van der Waals surface area contributed by atoms with Crippen LogP contribution in [-0.4, -0.2) is 46.3 Å². The summed E-state index contributed by atoms with van der Waals surface area (Å²) in [6.45, 7) is 3.56. The van der Waals surface area contributed by atoms with E-state index in [0.717, 1.165) is 25.2 Å². The zero-order chi connectivity index (χ0) is 14.4. The molecule has 3 heterocycles. The van der Waals surface area contributed by atoms with Gasteiger partial charge in [0.1, 0.15) is 5.82 Å². The van der Waals surface area contributed by atoms with Gasteiger partial charge in [-0.15, -0.1) is 0 Å². The van der Waals surface area contributed by atoms with Gasteiger partial charge in [0.2, 0.25) is 5.95 Å². The van der Waals surface area contributed by atoms with Gasteiger partial charge < -0.3 is 15.0 Å². The molecule has 0 spiro atoms. The van der Waals surface area contributed by atoms with Gasteiger partial charge in [0.25, 0.3) is 0 Å². The van der Waals surface area contributed by atoms with Crippen LogP contribution in [0.1, 0.15) is 12.8 Å². The van der Waals surface area contributed by atoms with E-state index in [-0.39, 0.29) is 11.9 Å². The second-order valence-corrected chi connectivity index (χ2v) is 5.96. The van der Waals surface area contributed by atoms with Gasteiger partial charge in [-0.05, 0) is 31.5 Å². The van der Waals surface area contributed by atoms with Crippen molar-refractivity contribution in [3.05, 3.63) is 24.0 Å². The molecule has 2 atom stereocenters. The maximum Gasteiger partial charge on any atom is 0.201 e. The number of imidazole rings is 1. The van der Waals surface area contributed by atoms with Crippen molar-refractivity contribution in [2.45, 2.75) is 31.5 Å². The fourth-order valence-electron chi connectivity index (χ4n) is 3.51. The number of halogens is 1. The van der Waals surface area contributed by atoms with Crippen molar-refractivity contribution in [2.75, 3.05) is 25.4 Å². The van der Waals surface area contributed by atoms with Gasteiger partial charge in [-0.2, -0.15) is 0 Å². The largest absolute Gasteiger partial charge is 0.373 e. The number of nitrogens with two attached hydrogens (primary N) is 1. The van der Waals surface area contributed by atoms with Crippen LogP contribution in [0, 0.1) is 5.82 Å². The molecule has 112 valence electrons. The fraction of sp³-hybridized carbons (Fsp3) is 0.533. The first-order chi connectivity index (χ1) is 10.2. The molecule has 0 aliphatic carbocycles. The normalized spacial score (nSPS) is 26.3. The number of nitrogens with zero attached hydrogens (tertiary/aromatic N) is 3. The third-order valence-corrected chi connectivity index (χ3v) is 4.59. The van der Waals surface area contributed by atoms with Crippen molar-refractivity contribution in [3.63, 3.8) is 0 Å². The van der Waals surface area contributed by atoms with Crippen LogP contribution in [0.3, 0.4) is 0 Å². The highest BCUT2D eigenvalue weighted by atomic mass is 19.1. The van der Waals surface area contributed by atoms with Gasteiger partial charge in [-0.1, -0.05) is 0 Å². The number of aromatic nitrogens is 2. The zero-order valence-corrected chi connectivity index (χ0v) is 11.8. The molecule has 4 rings (SSSR count). The molecule has 0 saturated carbocycles. The minimum Gasteiger partial charge on any atom is -0.373 e. The zero-order valence-electron chi connectivity index (χ0n) is 11.8. The highest BCUT2D eigenvalue weighted by molar-refractivity contribution is 5.78. The Balaban J connectivity index is 1.58. The predicted molar refractivity (Wildman–Crippen MR) is 78.4 cm³/mol. The number of benzene rings is 1. The SMILES string of the molecule is Nc1nc2cc(F)ccc2n1CC1CN2CCCC2CO1. The Labute approximate surface area is 122 Å². The van der Waals surface area contributed by atoms with E-state index in [1.165, 1.54) is 25.0 Å². The molecular formula is C15H19FN4O. The van der Waals surface area contributed by atoms with E-state index in [1.807, 2.05) is 4.57 Å². The number of rotatable bonds is 2. The lowest BCUT2D eigenvalue weighted by atomic mass is 10.2. The highest BCUT2D eigenvalue weighted by Gasteiger charge is 2.32. The van der Waals surface area contributed by atoms with E-state index in [1.54, 1.807) is 6.07 Å². The monoisotopic (exact) mass is 290 g/mol.